The SMILES string of the molecule is Cc1cc(C)n2c(C(=O)NC(C)(C)CN3CCCC3)nnc2n1. The highest BCUT2D eigenvalue weighted by atomic mass is 16.2. The summed E-state index contributed by atoms with van der Waals surface area (Å²) < 4.78 is 1.70. The van der Waals surface area contributed by atoms with Crippen LogP contribution in [0.5, 0.6) is 0 Å². The van der Waals surface area contributed by atoms with Crippen LogP contribution in [0.1, 0.15) is 48.7 Å². The fourth-order valence-corrected chi connectivity index (χ4v) is 3.28. The third kappa shape index (κ3) is 3.34. The minimum atomic E-state index is -0.320. The van der Waals surface area contributed by atoms with Gasteiger partial charge in [0.05, 0.1) is 0 Å². The molecule has 2 aromatic heterocycles. The number of carbonyl (C=O) groups excluding carboxylic acids is 1. The molecule has 1 fully saturated rings. The maximum atomic E-state index is 12.7. The van der Waals surface area contributed by atoms with Crippen LogP contribution in [0.25, 0.3) is 5.78 Å². The first-order valence-electron chi connectivity index (χ1n) is 8.10. The zero-order valence-electron chi connectivity index (χ0n) is 14.3. The number of hydrogen-bond donors (Lipinski definition) is 1. The van der Waals surface area contributed by atoms with E-state index in [1.165, 1.54) is 12.8 Å². The van der Waals surface area contributed by atoms with Crippen molar-refractivity contribution in [2.45, 2.75) is 46.1 Å². The second-order valence-electron chi connectivity index (χ2n) is 7.02. The van der Waals surface area contributed by atoms with Crippen molar-refractivity contribution in [1.82, 2.24) is 29.8 Å². The molecule has 23 heavy (non-hydrogen) atoms. The number of amides is 1. The Morgan fingerprint density at radius 1 is 1.26 bits per heavy atom. The summed E-state index contributed by atoms with van der Waals surface area (Å²) in [5.74, 6) is 0.542. The van der Waals surface area contributed by atoms with Crippen molar-refractivity contribution >= 4 is 11.7 Å². The summed E-state index contributed by atoms with van der Waals surface area (Å²) in [5.41, 5.74) is 1.45. The highest BCUT2D eigenvalue weighted by Gasteiger charge is 2.28. The molecule has 0 unspecified atom stereocenters. The second-order valence-corrected chi connectivity index (χ2v) is 7.02. The molecule has 7 nitrogen and oxygen atoms in total. The van der Waals surface area contributed by atoms with Crippen molar-refractivity contribution in [1.29, 1.82) is 0 Å². The summed E-state index contributed by atoms with van der Waals surface area (Å²) in [6, 6.07) is 1.92. The van der Waals surface area contributed by atoms with Crippen molar-refractivity contribution in [3.05, 3.63) is 23.3 Å². The van der Waals surface area contributed by atoms with E-state index in [-0.39, 0.29) is 11.4 Å². The molecule has 0 bridgehead atoms. The van der Waals surface area contributed by atoms with Crippen LogP contribution < -0.4 is 5.32 Å². The van der Waals surface area contributed by atoms with Crippen LogP contribution in [-0.4, -0.2) is 55.6 Å². The summed E-state index contributed by atoms with van der Waals surface area (Å²) in [6.45, 7) is 11.0. The number of nitrogens with zero attached hydrogens (tertiary/aromatic N) is 5. The standard InChI is InChI=1S/C16H24N6O/c1-11-9-12(2)22-13(19-20-15(22)17-11)14(23)18-16(3,4)10-21-7-5-6-8-21/h9H,5-8,10H2,1-4H3,(H,18,23). The van der Waals surface area contributed by atoms with Crippen LogP contribution in [0.15, 0.2) is 6.07 Å². The molecule has 1 saturated heterocycles. The van der Waals surface area contributed by atoms with Crippen LogP contribution >= 0.6 is 0 Å². The second kappa shape index (κ2) is 5.88. The zero-order valence-corrected chi connectivity index (χ0v) is 14.3. The lowest BCUT2D eigenvalue weighted by Gasteiger charge is -2.30. The van der Waals surface area contributed by atoms with Gasteiger partial charge in [-0.05, 0) is 59.7 Å². The van der Waals surface area contributed by atoms with Crippen LogP contribution in [0, 0.1) is 13.8 Å². The van der Waals surface area contributed by atoms with Crippen LogP contribution in [0.4, 0.5) is 0 Å². The molecule has 0 aliphatic carbocycles. The Morgan fingerprint density at radius 2 is 1.96 bits per heavy atom. The van der Waals surface area contributed by atoms with Crippen molar-refractivity contribution in [2.75, 3.05) is 19.6 Å². The highest BCUT2D eigenvalue weighted by Crippen LogP contribution is 2.14. The summed E-state index contributed by atoms with van der Waals surface area (Å²) in [4.78, 5) is 19.4. The van der Waals surface area contributed by atoms with Crippen molar-refractivity contribution in [3.63, 3.8) is 0 Å². The number of aryl methyl sites for hydroxylation is 2. The molecule has 1 N–H and O–H groups in total. The predicted octanol–water partition coefficient (Wildman–Crippen LogP) is 1.35. The molecule has 7 heteroatoms. The molecule has 1 aliphatic heterocycles. The van der Waals surface area contributed by atoms with Crippen LogP contribution in [-0.2, 0) is 0 Å². The highest BCUT2D eigenvalue weighted by molar-refractivity contribution is 5.91. The van der Waals surface area contributed by atoms with Gasteiger partial charge in [0.1, 0.15) is 0 Å². The first-order valence-corrected chi connectivity index (χ1v) is 8.10. The third-order valence-electron chi connectivity index (χ3n) is 4.17. The number of rotatable bonds is 4. The number of fused-ring (bicyclic) bond motifs is 1. The Bertz CT molecular complexity index is 729. The Balaban J connectivity index is 1.80. The monoisotopic (exact) mass is 316 g/mol. The summed E-state index contributed by atoms with van der Waals surface area (Å²) in [5, 5.41) is 11.2. The Morgan fingerprint density at radius 3 is 2.65 bits per heavy atom. The van der Waals surface area contributed by atoms with E-state index in [9.17, 15) is 4.79 Å². The molecule has 3 heterocycles. The van der Waals surface area contributed by atoms with E-state index >= 15 is 0 Å². The van der Waals surface area contributed by atoms with Crippen LogP contribution in [0.3, 0.4) is 0 Å². The largest absolute Gasteiger partial charge is 0.343 e. The molecular formula is C16H24N6O. The van der Waals surface area contributed by atoms with Gasteiger partial charge in [0.25, 0.3) is 11.7 Å². The normalized spacial score (nSPS) is 16.2. The average Bonchev–Trinajstić information content (AvgIpc) is 3.06. The summed E-state index contributed by atoms with van der Waals surface area (Å²) >= 11 is 0. The predicted molar refractivity (Wildman–Crippen MR) is 87.5 cm³/mol. The topological polar surface area (TPSA) is 75.4 Å². The number of likely N-dealkylation sites (tertiary alicyclic amines) is 1. The number of hydrogen-bond acceptors (Lipinski definition) is 5. The van der Waals surface area contributed by atoms with Gasteiger partial charge in [-0.15, -0.1) is 10.2 Å². The first kappa shape index (κ1) is 15.9. The Hall–Kier alpha value is -2.02. The van der Waals surface area contributed by atoms with Gasteiger partial charge in [-0.25, -0.2) is 4.98 Å². The maximum Gasteiger partial charge on any atom is 0.290 e. The van der Waals surface area contributed by atoms with Gasteiger partial charge in [-0.3, -0.25) is 9.20 Å². The van der Waals surface area contributed by atoms with E-state index in [1.54, 1.807) is 4.40 Å². The van der Waals surface area contributed by atoms with Gasteiger partial charge in [0, 0.05) is 23.5 Å². The molecule has 1 amide bonds. The van der Waals surface area contributed by atoms with Gasteiger partial charge < -0.3 is 10.2 Å². The number of nitrogens with one attached hydrogen (secondary N) is 1. The molecule has 0 radical (unpaired) electrons. The summed E-state index contributed by atoms with van der Waals surface area (Å²) in [6.07, 6.45) is 2.48. The molecule has 3 rings (SSSR count). The molecule has 0 atom stereocenters. The quantitative estimate of drug-likeness (QED) is 0.921. The van der Waals surface area contributed by atoms with Crippen LogP contribution in [0.2, 0.25) is 0 Å². The van der Waals surface area contributed by atoms with E-state index in [0.29, 0.717) is 11.6 Å². The molecule has 0 saturated carbocycles. The first-order chi connectivity index (χ1) is 10.9. The van der Waals surface area contributed by atoms with E-state index in [1.807, 2.05) is 33.8 Å². The van der Waals surface area contributed by atoms with E-state index < -0.39 is 0 Å². The Labute approximate surface area is 136 Å². The van der Waals surface area contributed by atoms with Gasteiger partial charge in [-0.2, -0.15) is 0 Å². The zero-order chi connectivity index (χ0) is 16.6. The van der Waals surface area contributed by atoms with E-state index in [2.05, 4.69) is 25.4 Å². The lowest BCUT2D eigenvalue weighted by Crippen LogP contribution is -2.51. The molecule has 0 spiro atoms. The molecule has 1 aliphatic rings. The van der Waals surface area contributed by atoms with Crippen molar-refractivity contribution in [3.8, 4) is 0 Å². The minimum absolute atomic E-state index is 0.213. The smallest absolute Gasteiger partial charge is 0.290 e. The van der Waals surface area contributed by atoms with Gasteiger partial charge in [0.15, 0.2) is 0 Å². The third-order valence-corrected chi connectivity index (χ3v) is 4.17. The molecule has 0 aromatic carbocycles. The lowest BCUT2D eigenvalue weighted by atomic mass is 10.0. The number of aromatic nitrogens is 4. The Kier molecular flexibility index (Phi) is 4.06. The van der Waals surface area contributed by atoms with Gasteiger partial charge >= 0.3 is 0 Å². The molecular weight excluding hydrogens is 292 g/mol. The fraction of sp³-hybridized carbons (Fsp3) is 0.625. The fourth-order valence-electron chi connectivity index (χ4n) is 3.28. The summed E-state index contributed by atoms with van der Waals surface area (Å²) in [7, 11) is 0. The average molecular weight is 316 g/mol. The van der Waals surface area contributed by atoms with Crippen molar-refractivity contribution < 1.29 is 4.79 Å². The minimum Gasteiger partial charge on any atom is -0.343 e. The molecule has 2 aromatic rings. The van der Waals surface area contributed by atoms with E-state index in [4.69, 9.17) is 0 Å². The molecule has 124 valence electrons. The lowest BCUT2D eigenvalue weighted by molar-refractivity contribution is 0.0881. The maximum absolute atomic E-state index is 12.7. The number of carbonyl (C=O) groups is 1. The van der Waals surface area contributed by atoms with Gasteiger partial charge in [-0.1, -0.05) is 0 Å². The van der Waals surface area contributed by atoms with Gasteiger partial charge in [0.2, 0.25) is 5.82 Å². The van der Waals surface area contributed by atoms with E-state index in [0.717, 1.165) is 31.0 Å². The van der Waals surface area contributed by atoms with Crippen molar-refractivity contribution in [2.24, 2.45) is 0 Å².